The van der Waals surface area contributed by atoms with Gasteiger partial charge in [-0.2, -0.15) is 0 Å². The second-order valence-corrected chi connectivity index (χ2v) is 7.43. The number of Topliss-reactive ketones (excluding diaryl/α,β-unsaturated/α-hetero) is 1. The molecule has 1 aliphatic rings. The normalized spacial score (nSPS) is 17.3. The largest absolute Gasteiger partial charge is 1.00 e. The molecule has 11 heteroatoms. The molecule has 1 atom stereocenters. The molecule has 2 rings (SSSR count). The summed E-state index contributed by atoms with van der Waals surface area (Å²) in [7, 11) is -4.46. The molecule has 0 spiro atoms. The maximum atomic E-state index is 12.4. The molecule has 0 bridgehead atoms. The van der Waals surface area contributed by atoms with Crippen molar-refractivity contribution in [3.8, 4) is 0 Å². The summed E-state index contributed by atoms with van der Waals surface area (Å²) in [6, 6.07) is 5.44. The van der Waals surface area contributed by atoms with E-state index in [1.165, 1.54) is 6.92 Å². The zero-order valence-electron chi connectivity index (χ0n) is 14.9. The van der Waals surface area contributed by atoms with E-state index in [0.29, 0.717) is 11.1 Å². The first kappa shape index (κ1) is 23.4. The van der Waals surface area contributed by atoms with Crippen LogP contribution in [-0.4, -0.2) is 53.8 Å². The number of ketones is 1. The quantitative estimate of drug-likeness (QED) is 0.222. The summed E-state index contributed by atoms with van der Waals surface area (Å²) in [4.78, 5) is 48.2. The summed E-state index contributed by atoms with van der Waals surface area (Å²) in [5.41, 5.74) is 1.11. The van der Waals surface area contributed by atoms with Crippen molar-refractivity contribution in [1.82, 2.24) is 10.2 Å². The van der Waals surface area contributed by atoms with Gasteiger partial charge in [-0.05, 0) is 25.3 Å². The van der Waals surface area contributed by atoms with Crippen LogP contribution in [0.1, 0.15) is 29.3 Å². The van der Waals surface area contributed by atoms with E-state index in [9.17, 15) is 32.1 Å². The van der Waals surface area contributed by atoms with Crippen molar-refractivity contribution in [1.29, 1.82) is 0 Å². The molecule has 1 heterocycles. The van der Waals surface area contributed by atoms with Crippen molar-refractivity contribution in [3.63, 3.8) is 0 Å². The summed E-state index contributed by atoms with van der Waals surface area (Å²) in [5.74, 6) is -3.48. The maximum Gasteiger partial charge on any atom is 1.00 e. The van der Waals surface area contributed by atoms with Crippen molar-refractivity contribution in [3.05, 3.63) is 35.4 Å². The van der Waals surface area contributed by atoms with E-state index in [2.05, 4.69) is 5.32 Å². The second kappa shape index (κ2) is 9.56. The van der Waals surface area contributed by atoms with Gasteiger partial charge in [-0.3, -0.25) is 24.6 Å². The van der Waals surface area contributed by atoms with Crippen molar-refractivity contribution >= 4 is 33.7 Å². The molecule has 9 nitrogen and oxygen atoms in total. The third-order valence-electron chi connectivity index (χ3n) is 3.93. The van der Waals surface area contributed by atoms with Crippen LogP contribution in [0.3, 0.4) is 0 Å². The van der Waals surface area contributed by atoms with Gasteiger partial charge in [-0.25, -0.2) is 13.2 Å². The van der Waals surface area contributed by atoms with E-state index in [-0.39, 0.29) is 54.7 Å². The fourth-order valence-electron chi connectivity index (χ4n) is 2.56. The minimum Gasteiger partial charge on any atom is -0.748 e. The van der Waals surface area contributed by atoms with Gasteiger partial charge in [0, 0.05) is 17.9 Å². The van der Waals surface area contributed by atoms with E-state index in [4.69, 9.17) is 0 Å². The van der Waals surface area contributed by atoms with E-state index in [1.807, 2.05) is 0 Å². The predicted molar refractivity (Wildman–Crippen MR) is 88.1 cm³/mol. The molecular weight excluding hydrogens is 387 g/mol. The SMILES string of the molecule is CC(=O)c1ccc(CC2C(=O)NC(=O)N(CCCS(=O)(=O)[O-])C2=O)cc1.[Na+]. The molecule has 4 amide bonds. The van der Waals surface area contributed by atoms with Crippen LogP contribution in [0.5, 0.6) is 0 Å². The molecule has 27 heavy (non-hydrogen) atoms. The molecule has 1 aromatic carbocycles. The first-order chi connectivity index (χ1) is 12.1. The summed E-state index contributed by atoms with van der Waals surface area (Å²) in [6.07, 6.45) is -0.189. The average Bonchev–Trinajstić information content (AvgIpc) is 2.54. The standard InChI is InChI=1S/C16H18N2O7S.Na/c1-10(19)12-5-3-11(4-6-12)9-13-14(20)17-16(22)18(15(13)21)7-2-8-26(23,24)25;/h3-6,13H,2,7-9H2,1H3,(H,17,20,22)(H,23,24,25);/q;+1/p-1. The molecule has 0 saturated carbocycles. The smallest absolute Gasteiger partial charge is 0.748 e. The molecular formula is C16H17N2NaO7S. The van der Waals surface area contributed by atoms with Gasteiger partial charge in [-0.1, -0.05) is 24.3 Å². The van der Waals surface area contributed by atoms with Gasteiger partial charge in [0.25, 0.3) is 0 Å². The molecule has 1 aromatic rings. The maximum absolute atomic E-state index is 12.4. The number of nitrogens with one attached hydrogen (secondary N) is 1. The molecule has 140 valence electrons. The Morgan fingerprint density at radius 1 is 1.19 bits per heavy atom. The molecule has 1 unspecified atom stereocenters. The second-order valence-electron chi connectivity index (χ2n) is 5.91. The number of hydrogen-bond donors (Lipinski definition) is 1. The van der Waals surface area contributed by atoms with Crippen LogP contribution in [0, 0.1) is 5.92 Å². The van der Waals surface area contributed by atoms with E-state index in [0.717, 1.165) is 4.90 Å². The Kier molecular flexibility index (Phi) is 8.30. The van der Waals surface area contributed by atoms with E-state index >= 15 is 0 Å². The Morgan fingerprint density at radius 3 is 2.30 bits per heavy atom. The Morgan fingerprint density at radius 2 is 1.78 bits per heavy atom. The van der Waals surface area contributed by atoms with Crippen LogP contribution < -0.4 is 34.9 Å². The number of hydrogen-bond acceptors (Lipinski definition) is 7. The minimum absolute atomic E-state index is 0. The third kappa shape index (κ3) is 6.51. The van der Waals surface area contributed by atoms with Gasteiger partial charge in [0.1, 0.15) is 5.92 Å². The van der Waals surface area contributed by atoms with Crippen molar-refractivity contribution in [2.24, 2.45) is 5.92 Å². The number of barbiturate groups is 1. The zero-order chi connectivity index (χ0) is 19.5. The van der Waals surface area contributed by atoms with Crippen LogP contribution in [0.25, 0.3) is 0 Å². The number of carbonyl (C=O) groups excluding carboxylic acids is 4. The molecule has 0 aliphatic carbocycles. The fraction of sp³-hybridized carbons (Fsp3) is 0.375. The number of amides is 4. The summed E-state index contributed by atoms with van der Waals surface area (Å²) >= 11 is 0. The Hall–Kier alpha value is -1.59. The molecule has 0 radical (unpaired) electrons. The Labute approximate surface area is 178 Å². The monoisotopic (exact) mass is 404 g/mol. The molecule has 1 fully saturated rings. The zero-order valence-corrected chi connectivity index (χ0v) is 17.7. The van der Waals surface area contributed by atoms with Crippen LogP contribution in [0.2, 0.25) is 0 Å². The summed E-state index contributed by atoms with van der Waals surface area (Å²) in [6.45, 7) is 1.14. The Bertz CT molecular complexity index is 852. The first-order valence-electron chi connectivity index (χ1n) is 7.78. The fourth-order valence-corrected chi connectivity index (χ4v) is 3.05. The first-order valence-corrected chi connectivity index (χ1v) is 9.36. The number of urea groups is 1. The number of carbonyl (C=O) groups is 4. The predicted octanol–water partition coefficient (Wildman–Crippen LogP) is -2.93. The van der Waals surface area contributed by atoms with Crippen LogP contribution in [-0.2, 0) is 26.1 Å². The van der Waals surface area contributed by atoms with Gasteiger partial charge in [0.2, 0.25) is 11.8 Å². The van der Waals surface area contributed by atoms with Gasteiger partial charge < -0.3 is 4.55 Å². The van der Waals surface area contributed by atoms with Gasteiger partial charge >= 0.3 is 35.6 Å². The third-order valence-corrected chi connectivity index (χ3v) is 4.72. The van der Waals surface area contributed by atoms with Gasteiger partial charge in [-0.15, -0.1) is 0 Å². The Balaban J connectivity index is 0.00000364. The number of benzene rings is 1. The van der Waals surface area contributed by atoms with Crippen molar-refractivity contribution in [2.45, 2.75) is 19.8 Å². The van der Waals surface area contributed by atoms with Gasteiger partial charge in [0.05, 0.1) is 10.1 Å². The van der Waals surface area contributed by atoms with E-state index in [1.54, 1.807) is 24.3 Å². The van der Waals surface area contributed by atoms with E-state index < -0.39 is 39.6 Å². The number of imide groups is 2. The summed E-state index contributed by atoms with van der Waals surface area (Å²) < 4.78 is 31.9. The van der Waals surface area contributed by atoms with Crippen LogP contribution in [0.4, 0.5) is 4.79 Å². The van der Waals surface area contributed by atoms with Crippen molar-refractivity contribution < 1.29 is 61.7 Å². The molecule has 0 aromatic heterocycles. The number of rotatable bonds is 7. The number of nitrogens with zero attached hydrogens (tertiary/aromatic N) is 1. The van der Waals surface area contributed by atoms with Crippen molar-refractivity contribution in [2.75, 3.05) is 12.3 Å². The molecule has 1 aliphatic heterocycles. The summed E-state index contributed by atoms with van der Waals surface area (Å²) in [5, 5.41) is 2.05. The minimum atomic E-state index is -4.46. The van der Waals surface area contributed by atoms with Crippen LogP contribution in [0.15, 0.2) is 24.3 Å². The van der Waals surface area contributed by atoms with Gasteiger partial charge in [0.15, 0.2) is 5.78 Å². The topological polar surface area (TPSA) is 141 Å². The molecule has 1 N–H and O–H groups in total. The average molecular weight is 404 g/mol. The van der Waals surface area contributed by atoms with Crippen LogP contribution >= 0.6 is 0 Å². The molecule has 1 saturated heterocycles.